The second-order valence-corrected chi connectivity index (χ2v) is 10.7. The Balaban J connectivity index is 1.66. The standard InChI is InChI=1S/C33H32F6N4O4/c34-32(35,36)21-41-31(42-26-12-16-28(17-13-26)47-33(37,38)39)43(27-14-10-24(11-15-27)23-4-2-1-3-5-23)20-22-6-8-25(9-7-22)30(46)40-19-18-29(44)45/h4,6-17H,1-3,5,18-21H2,(H,40,46)(H,41,42)(H,44,45). The van der Waals surface area contributed by atoms with Crippen LogP contribution in [0.2, 0.25) is 0 Å². The molecule has 0 aliphatic heterocycles. The minimum absolute atomic E-state index is 0.0120. The molecule has 0 saturated heterocycles. The molecule has 14 heteroatoms. The van der Waals surface area contributed by atoms with Gasteiger partial charge >= 0.3 is 18.5 Å². The number of rotatable bonds is 11. The summed E-state index contributed by atoms with van der Waals surface area (Å²) in [6, 6.07) is 17.9. The Labute approximate surface area is 266 Å². The molecule has 47 heavy (non-hydrogen) atoms. The van der Waals surface area contributed by atoms with Crippen LogP contribution in [0.25, 0.3) is 5.57 Å². The number of carbonyl (C=O) groups excluding carboxylic acids is 1. The van der Waals surface area contributed by atoms with E-state index >= 15 is 0 Å². The van der Waals surface area contributed by atoms with E-state index in [-0.39, 0.29) is 36.7 Å². The first kappa shape index (κ1) is 34.9. The maximum Gasteiger partial charge on any atom is 0.573 e. The number of ether oxygens (including phenoxy) is 1. The minimum atomic E-state index is -4.92. The quantitative estimate of drug-likeness (QED) is 0.110. The molecule has 1 amide bonds. The molecule has 0 aromatic heterocycles. The van der Waals surface area contributed by atoms with E-state index in [1.54, 1.807) is 24.3 Å². The van der Waals surface area contributed by atoms with Gasteiger partial charge in [0.25, 0.3) is 5.91 Å². The predicted molar refractivity (Wildman–Crippen MR) is 165 cm³/mol. The Morgan fingerprint density at radius 1 is 0.894 bits per heavy atom. The van der Waals surface area contributed by atoms with E-state index in [9.17, 15) is 35.9 Å². The fraction of sp³-hybridized carbons (Fsp3) is 0.303. The van der Waals surface area contributed by atoms with Crippen LogP contribution < -0.4 is 20.3 Å². The van der Waals surface area contributed by atoms with Crippen molar-refractivity contribution >= 4 is 34.8 Å². The molecule has 4 rings (SSSR count). The Morgan fingerprint density at radius 3 is 2.15 bits per heavy atom. The van der Waals surface area contributed by atoms with E-state index in [0.29, 0.717) is 11.3 Å². The van der Waals surface area contributed by atoms with Gasteiger partial charge in [-0.3, -0.25) is 9.59 Å². The molecule has 8 nitrogen and oxygen atoms in total. The molecule has 0 radical (unpaired) electrons. The van der Waals surface area contributed by atoms with Crippen molar-refractivity contribution in [3.05, 3.63) is 95.6 Å². The average Bonchev–Trinajstić information content (AvgIpc) is 3.02. The lowest BCUT2D eigenvalue weighted by atomic mass is 9.93. The number of aliphatic carboxylic acids is 1. The Bertz CT molecular complexity index is 1570. The van der Waals surface area contributed by atoms with Gasteiger partial charge in [0.15, 0.2) is 0 Å². The lowest BCUT2D eigenvalue weighted by Gasteiger charge is -2.28. The number of hydrogen-bond donors (Lipinski definition) is 3. The van der Waals surface area contributed by atoms with Crippen LogP contribution in [-0.2, 0) is 11.3 Å². The molecule has 3 N–H and O–H groups in total. The third-order valence-corrected chi connectivity index (χ3v) is 7.03. The van der Waals surface area contributed by atoms with E-state index in [0.717, 1.165) is 43.4 Å². The number of carboxylic acid groups (broad SMARTS) is 1. The molecule has 1 aliphatic rings. The van der Waals surface area contributed by atoms with Crippen molar-refractivity contribution in [3.63, 3.8) is 0 Å². The van der Waals surface area contributed by atoms with Crippen molar-refractivity contribution in [1.82, 2.24) is 5.32 Å². The Kier molecular flexibility index (Phi) is 11.5. The number of halogens is 6. The van der Waals surface area contributed by atoms with Crippen molar-refractivity contribution in [1.29, 1.82) is 0 Å². The van der Waals surface area contributed by atoms with Gasteiger partial charge in [0, 0.05) is 23.5 Å². The molecule has 0 unspecified atom stereocenters. The van der Waals surface area contributed by atoms with E-state index in [1.165, 1.54) is 34.7 Å². The molecule has 0 atom stereocenters. The number of hydrogen-bond acceptors (Lipinski definition) is 4. The second-order valence-electron chi connectivity index (χ2n) is 10.7. The first-order chi connectivity index (χ1) is 22.3. The van der Waals surface area contributed by atoms with Crippen LogP contribution in [0.3, 0.4) is 0 Å². The summed E-state index contributed by atoms with van der Waals surface area (Å²) in [4.78, 5) is 28.5. The maximum absolute atomic E-state index is 13.4. The summed E-state index contributed by atoms with van der Waals surface area (Å²) in [6.45, 7) is -1.62. The highest BCUT2D eigenvalue weighted by Gasteiger charge is 2.31. The highest BCUT2D eigenvalue weighted by molar-refractivity contribution is 6.05. The number of carboxylic acids is 1. The van der Waals surface area contributed by atoms with Gasteiger partial charge in [-0.05, 0) is 90.9 Å². The van der Waals surface area contributed by atoms with Gasteiger partial charge in [-0.25, -0.2) is 4.99 Å². The fourth-order valence-electron chi connectivity index (χ4n) is 4.80. The zero-order valence-electron chi connectivity index (χ0n) is 25.0. The number of guanidine groups is 1. The van der Waals surface area contributed by atoms with E-state index in [4.69, 9.17) is 5.11 Å². The first-order valence-electron chi connectivity index (χ1n) is 14.7. The van der Waals surface area contributed by atoms with Gasteiger partial charge < -0.3 is 25.4 Å². The Hall–Kier alpha value is -5.01. The minimum Gasteiger partial charge on any atom is -0.481 e. The van der Waals surface area contributed by atoms with Crippen LogP contribution in [0.1, 0.15) is 53.6 Å². The maximum atomic E-state index is 13.4. The number of aliphatic imine (C=N–C) groups is 1. The van der Waals surface area contributed by atoms with Crippen molar-refractivity contribution < 1.29 is 45.8 Å². The van der Waals surface area contributed by atoms with Crippen LogP contribution in [0.15, 0.2) is 83.9 Å². The molecule has 3 aromatic rings. The average molecular weight is 663 g/mol. The summed E-state index contributed by atoms with van der Waals surface area (Å²) in [6.07, 6.45) is -3.63. The lowest BCUT2D eigenvalue weighted by molar-refractivity contribution is -0.274. The molecule has 1 aliphatic carbocycles. The van der Waals surface area contributed by atoms with Crippen LogP contribution in [0.5, 0.6) is 5.75 Å². The van der Waals surface area contributed by atoms with Gasteiger partial charge in [-0.2, -0.15) is 13.2 Å². The van der Waals surface area contributed by atoms with Gasteiger partial charge in [0.1, 0.15) is 12.3 Å². The number of alkyl halides is 6. The number of nitrogens with one attached hydrogen (secondary N) is 2. The van der Waals surface area contributed by atoms with Crippen molar-refractivity contribution in [3.8, 4) is 5.75 Å². The number of allylic oxidation sites excluding steroid dienone is 2. The summed E-state index contributed by atoms with van der Waals surface area (Å²) < 4.78 is 82.1. The molecule has 0 fully saturated rings. The molecule has 0 spiro atoms. The molecule has 250 valence electrons. The van der Waals surface area contributed by atoms with Gasteiger partial charge in [-0.15, -0.1) is 13.2 Å². The van der Waals surface area contributed by atoms with E-state index < -0.39 is 36.7 Å². The predicted octanol–water partition coefficient (Wildman–Crippen LogP) is 7.78. The summed E-state index contributed by atoms with van der Waals surface area (Å²) in [5.74, 6) is -2.29. The van der Waals surface area contributed by atoms with Crippen LogP contribution in [0, 0.1) is 0 Å². The molecule has 0 saturated carbocycles. The van der Waals surface area contributed by atoms with Crippen molar-refractivity contribution in [2.75, 3.05) is 23.3 Å². The number of anilines is 2. The second kappa shape index (κ2) is 15.5. The van der Waals surface area contributed by atoms with Gasteiger partial charge in [0.05, 0.1) is 13.0 Å². The van der Waals surface area contributed by atoms with E-state index in [2.05, 4.69) is 26.4 Å². The monoisotopic (exact) mass is 662 g/mol. The SMILES string of the molecule is O=C(O)CCNC(=O)c1ccc(CN(C(=NCC(F)(F)F)Nc2ccc(OC(F)(F)F)cc2)c2ccc(C3=CCCCC3)cc2)cc1. The molecule has 0 heterocycles. The van der Waals surface area contributed by atoms with Crippen LogP contribution in [0.4, 0.5) is 37.7 Å². The third kappa shape index (κ3) is 11.4. The smallest absolute Gasteiger partial charge is 0.481 e. The number of amides is 1. The zero-order chi connectivity index (χ0) is 34.0. The topological polar surface area (TPSA) is 103 Å². The third-order valence-electron chi connectivity index (χ3n) is 7.03. The van der Waals surface area contributed by atoms with Gasteiger partial charge in [0.2, 0.25) is 5.96 Å². The lowest BCUT2D eigenvalue weighted by Crippen LogP contribution is -2.37. The number of nitrogens with zero attached hydrogens (tertiary/aromatic N) is 2. The van der Waals surface area contributed by atoms with Gasteiger partial charge in [-0.1, -0.05) is 30.3 Å². The number of carbonyl (C=O) groups is 2. The van der Waals surface area contributed by atoms with Crippen LogP contribution in [-0.4, -0.2) is 48.6 Å². The highest BCUT2D eigenvalue weighted by Crippen LogP contribution is 2.30. The zero-order valence-corrected chi connectivity index (χ0v) is 25.0. The number of benzene rings is 3. The van der Waals surface area contributed by atoms with Crippen molar-refractivity contribution in [2.45, 2.75) is 51.2 Å². The largest absolute Gasteiger partial charge is 0.573 e. The summed E-state index contributed by atoms with van der Waals surface area (Å²) in [5.41, 5.74) is 3.63. The summed E-state index contributed by atoms with van der Waals surface area (Å²) >= 11 is 0. The molecular formula is C33H32F6N4O4. The van der Waals surface area contributed by atoms with Crippen LogP contribution >= 0.6 is 0 Å². The first-order valence-corrected chi connectivity index (χ1v) is 14.7. The molecular weight excluding hydrogens is 630 g/mol. The van der Waals surface area contributed by atoms with Crippen molar-refractivity contribution in [2.24, 2.45) is 4.99 Å². The van der Waals surface area contributed by atoms with E-state index in [1.807, 2.05) is 12.1 Å². The fourth-order valence-corrected chi connectivity index (χ4v) is 4.80. The Morgan fingerprint density at radius 2 is 1.57 bits per heavy atom. The summed E-state index contributed by atoms with van der Waals surface area (Å²) in [7, 11) is 0. The normalized spacial score (nSPS) is 13.8. The molecule has 0 bridgehead atoms. The highest BCUT2D eigenvalue weighted by atomic mass is 19.4. The molecule has 3 aromatic carbocycles. The summed E-state index contributed by atoms with van der Waals surface area (Å²) in [5, 5.41) is 14.1.